The lowest BCUT2D eigenvalue weighted by molar-refractivity contribution is 0.157. The number of rotatable bonds is 3. The molecule has 0 spiro atoms. The summed E-state index contributed by atoms with van der Waals surface area (Å²) in [7, 11) is -2.86. The first-order chi connectivity index (χ1) is 5.14. The van der Waals surface area contributed by atoms with Crippen LogP contribution in [0.2, 0.25) is 0 Å². The third-order valence-corrected chi connectivity index (χ3v) is 1.76. The van der Waals surface area contributed by atoms with Crippen LogP contribution in [-0.2, 0) is 9.09 Å². The summed E-state index contributed by atoms with van der Waals surface area (Å²) >= 11 is 0. The molecular weight excluding hydrogens is 171 g/mol. The highest BCUT2D eigenvalue weighted by Crippen LogP contribution is 2.37. The molecule has 6 nitrogen and oxygen atoms in total. The van der Waals surface area contributed by atoms with Crippen LogP contribution in [0, 0.1) is 0 Å². The van der Waals surface area contributed by atoms with Gasteiger partial charge in [0.1, 0.15) is 6.33 Å². The molecule has 1 aromatic rings. The van der Waals surface area contributed by atoms with Crippen LogP contribution in [0.25, 0.3) is 0 Å². The van der Waals surface area contributed by atoms with Crippen molar-refractivity contribution in [1.82, 2.24) is 9.71 Å². The summed E-state index contributed by atoms with van der Waals surface area (Å²) in [6.45, 7) is 0. The molecule has 0 fully saturated rings. The van der Waals surface area contributed by atoms with Crippen molar-refractivity contribution in [2.45, 2.75) is 0 Å². The molecule has 1 unspecified atom stereocenters. The van der Waals surface area contributed by atoms with Crippen LogP contribution in [-0.4, -0.2) is 21.7 Å². The van der Waals surface area contributed by atoms with Crippen molar-refractivity contribution < 1.29 is 18.6 Å². The van der Waals surface area contributed by atoms with Crippen LogP contribution in [0.3, 0.4) is 0 Å². The van der Waals surface area contributed by atoms with Gasteiger partial charge in [0.15, 0.2) is 0 Å². The first-order valence-corrected chi connectivity index (χ1v) is 4.20. The molecule has 0 amide bonds. The number of hydrogen-bond donors (Lipinski definition) is 1. The van der Waals surface area contributed by atoms with Crippen LogP contribution in [0.4, 0.5) is 0 Å². The van der Waals surface area contributed by atoms with E-state index in [4.69, 9.17) is 4.89 Å². The minimum absolute atomic E-state index is 0.990. The van der Waals surface area contributed by atoms with Crippen molar-refractivity contribution in [3.8, 4) is 0 Å². The summed E-state index contributed by atoms with van der Waals surface area (Å²) in [6.07, 6.45) is 4.03. The second-order valence-electron chi connectivity index (χ2n) is 1.66. The summed E-state index contributed by atoms with van der Waals surface area (Å²) < 4.78 is 20.3. The monoisotopic (exact) mass is 178 g/mol. The van der Waals surface area contributed by atoms with E-state index in [1.54, 1.807) is 0 Å². The molecule has 1 aromatic heterocycles. The van der Waals surface area contributed by atoms with Gasteiger partial charge in [-0.2, -0.15) is 4.73 Å². The Morgan fingerprint density at radius 3 is 2.91 bits per heavy atom. The lowest BCUT2D eigenvalue weighted by Gasteiger charge is -2.08. The predicted octanol–water partition coefficient (Wildman–Crippen LogP) is 0.0585. The van der Waals surface area contributed by atoms with Crippen molar-refractivity contribution in [2.75, 3.05) is 7.11 Å². The van der Waals surface area contributed by atoms with Gasteiger partial charge in [-0.3, -0.25) is 9.42 Å². The number of imidazole rings is 1. The van der Waals surface area contributed by atoms with Crippen LogP contribution < -0.4 is 4.62 Å². The van der Waals surface area contributed by atoms with Crippen LogP contribution in [0.5, 0.6) is 0 Å². The highest BCUT2D eigenvalue weighted by molar-refractivity contribution is 7.47. The summed E-state index contributed by atoms with van der Waals surface area (Å²) in [5.74, 6) is 0. The molecule has 0 aliphatic carbocycles. The Morgan fingerprint density at radius 1 is 1.73 bits per heavy atom. The SMILES string of the molecule is COP(=O)(O)On1ccnc1. The molecule has 0 radical (unpaired) electrons. The minimum Gasteiger partial charge on any atom is -0.310 e. The zero-order valence-corrected chi connectivity index (χ0v) is 6.64. The molecule has 11 heavy (non-hydrogen) atoms. The Balaban J connectivity index is 2.63. The summed E-state index contributed by atoms with van der Waals surface area (Å²) in [4.78, 5) is 12.3. The fourth-order valence-corrected chi connectivity index (χ4v) is 0.849. The average molecular weight is 178 g/mol. The molecule has 0 bridgehead atoms. The molecule has 1 atom stereocenters. The molecule has 62 valence electrons. The number of nitrogens with zero attached hydrogens (tertiary/aromatic N) is 2. The maximum atomic E-state index is 10.7. The van der Waals surface area contributed by atoms with E-state index in [2.05, 4.69) is 14.1 Å². The first kappa shape index (κ1) is 8.26. The number of phosphoric acid groups is 1. The standard InChI is InChI=1S/C4H7N2O4P/c1-9-11(7,8)10-6-3-2-5-4-6/h2-4H,1H3,(H,7,8). The molecule has 1 heterocycles. The topological polar surface area (TPSA) is 73.6 Å². The van der Waals surface area contributed by atoms with E-state index in [1.165, 1.54) is 18.7 Å². The fourth-order valence-electron chi connectivity index (χ4n) is 0.448. The van der Waals surface area contributed by atoms with E-state index < -0.39 is 7.82 Å². The van der Waals surface area contributed by atoms with Gasteiger partial charge < -0.3 is 4.62 Å². The van der Waals surface area contributed by atoms with E-state index in [0.29, 0.717) is 0 Å². The third-order valence-electron chi connectivity index (χ3n) is 0.908. The quantitative estimate of drug-likeness (QED) is 0.662. The van der Waals surface area contributed by atoms with Crippen molar-refractivity contribution in [3.63, 3.8) is 0 Å². The normalized spacial score (nSPS) is 15.8. The second-order valence-corrected chi connectivity index (χ2v) is 3.12. The van der Waals surface area contributed by atoms with E-state index in [9.17, 15) is 4.57 Å². The molecule has 0 saturated carbocycles. The Bertz CT molecular complexity index is 259. The van der Waals surface area contributed by atoms with E-state index in [0.717, 1.165) is 11.8 Å². The maximum absolute atomic E-state index is 10.7. The highest BCUT2D eigenvalue weighted by atomic mass is 31.2. The zero-order chi connectivity index (χ0) is 8.32. The molecule has 0 aromatic carbocycles. The van der Waals surface area contributed by atoms with Gasteiger partial charge in [-0.1, -0.05) is 0 Å². The average Bonchev–Trinajstić information content (AvgIpc) is 2.39. The molecule has 1 N–H and O–H groups in total. The van der Waals surface area contributed by atoms with Crippen molar-refractivity contribution in [3.05, 3.63) is 18.7 Å². The van der Waals surface area contributed by atoms with Gasteiger partial charge in [0.2, 0.25) is 0 Å². The smallest absolute Gasteiger partial charge is 0.310 e. The zero-order valence-electron chi connectivity index (χ0n) is 5.75. The second kappa shape index (κ2) is 3.04. The van der Waals surface area contributed by atoms with Gasteiger partial charge in [0, 0.05) is 13.3 Å². The first-order valence-electron chi connectivity index (χ1n) is 2.70. The van der Waals surface area contributed by atoms with Gasteiger partial charge in [-0.05, 0) is 0 Å². The number of aromatic nitrogens is 2. The van der Waals surface area contributed by atoms with E-state index in [-0.39, 0.29) is 0 Å². The molecule has 7 heteroatoms. The number of phosphoric ester groups is 1. The van der Waals surface area contributed by atoms with Crippen LogP contribution in [0.15, 0.2) is 18.7 Å². The Hall–Kier alpha value is -0.840. The van der Waals surface area contributed by atoms with Crippen LogP contribution in [0.1, 0.15) is 0 Å². The predicted molar refractivity (Wildman–Crippen MR) is 35.6 cm³/mol. The molecular formula is C4H7N2O4P. The van der Waals surface area contributed by atoms with Crippen molar-refractivity contribution in [2.24, 2.45) is 0 Å². The van der Waals surface area contributed by atoms with Gasteiger partial charge in [0.05, 0.1) is 6.20 Å². The van der Waals surface area contributed by atoms with Crippen molar-refractivity contribution >= 4 is 7.82 Å². The minimum atomic E-state index is -3.94. The Kier molecular flexibility index (Phi) is 2.28. The third kappa shape index (κ3) is 2.34. The highest BCUT2D eigenvalue weighted by Gasteiger charge is 2.20. The van der Waals surface area contributed by atoms with Gasteiger partial charge in [-0.15, -0.1) is 0 Å². The lowest BCUT2D eigenvalue weighted by Crippen LogP contribution is -2.06. The van der Waals surface area contributed by atoms with E-state index >= 15 is 0 Å². The van der Waals surface area contributed by atoms with Crippen molar-refractivity contribution in [1.29, 1.82) is 0 Å². The van der Waals surface area contributed by atoms with Gasteiger partial charge in [-0.25, -0.2) is 9.55 Å². The summed E-state index contributed by atoms with van der Waals surface area (Å²) in [5, 5.41) is 0. The fraction of sp³-hybridized carbons (Fsp3) is 0.250. The lowest BCUT2D eigenvalue weighted by atomic mass is 11.0. The van der Waals surface area contributed by atoms with Gasteiger partial charge >= 0.3 is 7.82 Å². The Labute approximate surface area is 63.0 Å². The summed E-state index contributed by atoms with van der Waals surface area (Å²) in [6, 6.07) is 0. The molecule has 0 aliphatic rings. The number of hydrogen-bond acceptors (Lipinski definition) is 4. The molecule has 0 aliphatic heterocycles. The summed E-state index contributed by atoms with van der Waals surface area (Å²) in [5.41, 5.74) is 0. The van der Waals surface area contributed by atoms with Gasteiger partial charge in [0.25, 0.3) is 0 Å². The van der Waals surface area contributed by atoms with Crippen LogP contribution >= 0.6 is 7.82 Å². The largest absolute Gasteiger partial charge is 0.546 e. The Morgan fingerprint density at radius 2 is 2.45 bits per heavy atom. The van der Waals surface area contributed by atoms with E-state index in [1.807, 2.05) is 0 Å². The molecule has 1 rings (SSSR count). The molecule has 0 saturated heterocycles. The maximum Gasteiger partial charge on any atom is 0.546 e.